The largest absolute Gasteiger partial charge is 0.333 e. The third-order valence-corrected chi connectivity index (χ3v) is 4.96. The molecule has 92 valence electrons. The zero-order valence-electron chi connectivity index (χ0n) is 10.4. The van der Waals surface area contributed by atoms with Crippen molar-refractivity contribution in [3.63, 3.8) is 0 Å². The van der Waals surface area contributed by atoms with Crippen LogP contribution in [0.2, 0.25) is 0 Å². The first-order chi connectivity index (χ1) is 8.67. The molecule has 4 nitrogen and oxygen atoms in total. The fraction of sp³-hybridized carbons (Fsp3) is 0.571. The molecule has 0 aromatic carbocycles. The summed E-state index contributed by atoms with van der Waals surface area (Å²) in [5.41, 5.74) is 1.86. The number of carbonyl (C=O) groups excluding carboxylic acids is 1. The van der Waals surface area contributed by atoms with Crippen LogP contribution in [0.3, 0.4) is 0 Å². The van der Waals surface area contributed by atoms with Gasteiger partial charge >= 0.3 is 0 Å². The molecular formula is C14H15N3O. The molecule has 0 spiro atoms. The average molecular weight is 241 g/mol. The minimum absolute atomic E-state index is 0.0566. The summed E-state index contributed by atoms with van der Waals surface area (Å²) in [6.07, 6.45) is 2.22. The first kappa shape index (κ1) is 10.2. The second-order valence-corrected chi connectivity index (χ2v) is 5.84. The van der Waals surface area contributed by atoms with Crippen molar-refractivity contribution >= 4 is 5.91 Å². The molecule has 2 aliphatic carbocycles. The van der Waals surface area contributed by atoms with Gasteiger partial charge in [0, 0.05) is 18.8 Å². The smallest absolute Gasteiger partial charge is 0.229 e. The third-order valence-electron chi connectivity index (χ3n) is 4.96. The monoisotopic (exact) mass is 241 g/mol. The zero-order chi connectivity index (χ0) is 12.5. The van der Waals surface area contributed by atoms with E-state index in [9.17, 15) is 4.79 Å². The molecule has 1 amide bonds. The Kier molecular flexibility index (Phi) is 1.68. The minimum atomic E-state index is 0.0566. The Bertz CT molecular complexity index is 589. The van der Waals surface area contributed by atoms with Gasteiger partial charge in [-0.3, -0.25) is 4.79 Å². The lowest BCUT2D eigenvalue weighted by atomic mass is 10.1. The van der Waals surface area contributed by atoms with Gasteiger partial charge in [-0.25, -0.2) is 0 Å². The Labute approximate surface area is 106 Å². The quantitative estimate of drug-likeness (QED) is 0.751. The van der Waals surface area contributed by atoms with Crippen LogP contribution >= 0.6 is 0 Å². The molecule has 1 aromatic rings. The molecule has 1 unspecified atom stereocenters. The van der Waals surface area contributed by atoms with Crippen molar-refractivity contribution in [2.24, 2.45) is 11.3 Å². The van der Waals surface area contributed by atoms with E-state index >= 15 is 0 Å². The molecule has 1 aromatic heterocycles. The van der Waals surface area contributed by atoms with Crippen LogP contribution in [0.5, 0.6) is 0 Å². The van der Waals surface area contributed by atoms with Crippen molar-refractivity contribution in [1.29, 1.82) is 5.26 Å². The standard InChI is InChI=1S/C14H15N3O/c1-9-12-3-2-11(8-15)17(12)5-4-16(9)13(18)14-6-10(14)7-14/h2-3,9-10H,4-7H2,1H3. The highest BCUT2D eigenvalue weighted by Crippen LogP contribution is 2.76. The highest BCUT2D eigenvalue weighted by Gasteiger charge is 2.75. The Morgan fingerprint density at radius 2 is 2.17 bits per heavy atom. The van der Waals surface area contributed by atoms with E-state index in [1.54, 1.807) is 0 Å². The van der Waals surface area contributed by atoms with Crippen molar-refractivity contribution in [3.8, 4) is 6.07 Å². The topological polar surface area (TPSA) is 49.0 Å². The van der Waals surface area contributed by atoms with Crippen molar-refractivity contribution in [2.45, 2.75) is 32.4 Å². The molecule has 18 heavy (non-hydrogen) atoms. The van der Waals surface area contributed by atoms with Crippen LogP contribution < -0.4 is 0 Å². The second-order valence-electron chi connectivity index (χ2n) is 5.84. The van der Waals surface area contributed by atoms with Gasteiger partial charge in [-0.05, 0) is 37.8 Å². The van der Waals surface area contributed by atoms with Crippen LogP contribution in [0.25, 0.3) is 0 Å². The average Bonchev–Trinajstić information content (AvgIpc) is 3.17. The molecule has 2 fully saturated rings. The number of fused-ring (bicyclic) bond motifs is 2. The fourth-order valence-electron chi connectivity index (χ4n) is 3.37. The second kappa shape index (κ2) is 2.97. The van der Waals surface area contributed by atoms with E-state index in [-0.39, 0.29) is 11.5 Å². The molecule has 0 bridgehead atoms. The van der Waals surface area contributed by atoms with Gasteiger partial charge in [0.15, 0.2) is 0 Å². The van der Waals surface area contributed by atoms with Crippen LogP contribution in [0.1, 0.15) is 37.2 Å². The Balaban J connectivity index is 1.66. The van der Waals surface area contributed by atoms with Gasteiger partial charge < -0.3 is 9.47 Å². The molecule has 1 atom stereocenters. The maximum atomic E-state index is 12.5. The Morgan fingerprint density at radius 3 is 2.78 bits per heavy atom. The molecule has 0 radical (unpaired) electrons. The van der Waals surface area contributed by atoms with Crippen LogP contribution in [-0.2, 0) is 11.3 Å². The van der Waals surface area contributed by atoms with Crippen molar-refractivity contribution in [2.75, 3.05) is 6.54 Å². The summed E-state index contributed by atoms with van der Waals surface area (Å²) in [6.45, 7) is 3.56. The van der Waals surface area contributed by atoms with Gasteiger partial charge in [0.25, 0.3) is 0 Å². The molecule has 0 N–H and O–H groups in total. The van der Waals surface area contributed by atoms with Gasteiger partial charge in [0.05, 0.1) is 11.5 Å². The lowest BCUT2D eigenvalue weighted by Gasteiger charge is -2.36. The first-order valence-electron chi connectivity index (χ1n) is 6.58. The summed E-state index contributed by atoms with van der Waals surface area (Å²) >= 11 is 0. The molecule has 4 heteroatoms. The lowest BCUT2D eigenvalue weighted by Crippen LogP contribution is -2.43. The lowest BCUT2D eigenvalue weighted by molar-refractivity contribution is -0.138. The molecule has 0 saturated heterocycles. The summed E-state index contributed by atoms with van der Waals surface area (Å²) in [7, 11) is 0. The summed E-state index contributed by atoms with van der Waals surface area (Å²) in [5, 5.41) is 9.04. The summed E-state index contributed by atoms with van der Waals surface area (Å²) in [5.74, 6) is 1.05. The molecule has 2 heterocycles. The van der Waals surface area contributed by atoms with Gasteiger partial charge in [-0.2, -0.15) is 5.26 Å². The van der Waals surface area contributed by atoms with E-state index in [2.05, 4.69) is 13.0 Å². The van der Waals surface area contributed by atoms with E-state index in [1.165, 1.54) is 0 Å². The van der Waals surface area contributed by atoms with Gasteiger partial charge in [-0.15, -0.1) is 0 Å². The first-order valence-corrected chi connectivity index (χ1v) is 6.58. The summed E-state index contributed by atoms with van der Waals surface area (Å²) in [6, 6.07) is 6.15. The number of hydrogen-bond acceptors (Lipinski definition) is 2. The van der Waals surface area contributed by atoms with E-state index in [4.69, 9.17) is 5.26 Å². The van der Waals surface area contributed by atoms with Crippen molar-refractivity contribution in [1.82, 2.24) is 9.47 Å². The van der Waals surface area contributed by atoms with E-state index < -0.39 is 0 Å². The summed E-state index contributed by atoms with van der Waals surface area (Å²) < 4.78 is 2.05. The molecular weight excluding hydrogens is 226 g/mol. The number of rotatable bonds is 1. The van der Waals surface area contributed by atoms with Gasteiger partial charge in [0.1, 0.15) is 11.8 Å². The Hall–Kier alpha value is -1.76. The van der Waals surface area contributed by atoms with E-state index in [0.717, 1.165) is 31.6 Å². The number of aromatic nitrogens is 1. The normalized spacial score (nSPS) is 35.4. The van der Waals surface area contributed by atoms with Crippen LogP contribution in [-0.4, -0.2) is 21.9 Å². The predicted octanol–water partition coefficient (Wildman–Crippen LogP) is 1.67. The molecule has 2 saturated carbocycles. The summed E-state index contributed by atoms with van der Waals surface area (Å²) in [4.78, 5) is 14.5. The predicted molar refractivity (Wildman–Crippen MR) is 64.4 cm³/mol. The van der Waals surface area contributed by atoms with Crippen LogP contribution in [0.4, 0.5) is 0 Å². The number of hydrogen-bond donors (Lipinski definition) is 0. The molecule has 3 aliphatic rings. The van der Waals surface area contributed by atoms with E-state index in [0.29, 0.717) is 17.5 Å². The highest BCUT2D eigenvalue weighted by molar-refractivity contribution is 5.90. The van der Waals surface area contributed by atoms with Crippen molar-refractivity contribution in [3.05, 3.63) is 23.5 Å². The highest BCUT2D eigenvalue weighted by atomic mass is 16.2. The molecule has 1 aliphatic heterocycles. The van der Waals surface area contributed by atoms with Crippen LogP contribution in [0, 0.1) is 22.7 Å². The minimum Gasteiger partial charge on any atom is -0.333 e. The zero-order valence-corrected chi connectivity index (χ0v) is 10.4. The van der Waals surface area contributed by atoms with Gasteiger partial charge in [0.2, 0.25) is 5.91 Å². The fourth-order valence-corrected chi connectivity index (χ4v) is 3.37. The van der Waals surface area contributed by atoms with Crippen molar-refractivity contribution < 1.29 is 4.79 Å². The number of amides is 1. The SMILES string of the molecule is CC1c2ccc(C#N)n2CCN1C(=O)C12CC1C2. The van der Waals surface area contributed by atoms with Gasteiger partial charge in [-0.1, -0.05) is 0 Å². The Morgan fingerprint density at radius 1 is 1.44 bits per heavy atom. The van der Waals surface area contributed by atoms with Crippen LogP contribution in [0.15, 0.2) is 12.1 Å². The molecule has 4 rings (SSSR count). The maximum absolute atomic E-state index is 12.5. The maximum Gasteiger partial charge on any atom is 0.229 e. The number of nitriles is 1. The number of carbonyl (C=O) groups is 1. The third kappa shape index (κ3) is 1.07. The van der Waals surface area contributed by atoms with E-state index in [1.807, 2.05) is 21.6 Å². The number of nitrogens with zero attached hydrogens (tertiary/aromatic N) is 3.